The van der Waals surface area contributed by atoms with Crippen LogP contribution in [0.15, 0.2) is 0 Å². The second-order valence-corrected chi connectivity index (χ2v) is 5.38. The quantitative estimate of drug-likeness (QED) is 0.772. The number of rotatable bonds is 5. The van der Waals surface area contributed by atoms with E-state index in [1.807, 2.05) is 0 Å². The van der Waals surface area contributed by atoms with Crippen LogP contribution >= 0.6 is 0 Å². The molecular weight excluding hydrogens is 214 g/mol. The first-order chi connectivity index (χ1) is 8.22. The predicted octanol–water partition coefficient (Wildman–Crippen LogP) is 0.811. The second-order valence-electron chi connectivity index (χ2n) is 5.38. The van der Waals surface area contributed by atoms with E-state index in [1.165, 1.54) is 32.1 Å². The monoisotopic (exact) mass is 239 g/mol. The highest BCUT2D eigenvalue weighted by Crippen LogP contribution is 2.28. The Bertz CT molecular complexity index is 263. The number of piperidine rings is 1. The molecule has 1 aliphatic heterocycles. The molecule has 2 rings (SSSR count). The van der Waals surface area contributed by atoms with Crippen LogP contribution in [-0.4, -0.2) is 54.0 Å². The van der Waals surface area contributed by atoms with Crippen LogP contribution in [0.1, 0.15) is 39.0 Å². The number of amides is 1. The van der Waals surface area contributed by atoms with E-state index < -0.39 is 0 Å². The van der Waals surface area contributed by atoms with E-state index in [0.717, 1.165) is 26.2 Å². The summed E-state index contributed by atoms with van der Waals surface area (Å²) in [4.78, 5) is 16.2. The Morgan fingerprint density at radius 2 is 2.12 bits per heavy atom. The minimum absolute atomic E-state index is 0.241. The molecule has 2 fully saturated rings. The fraction of sp³-hybridized carbons (Fsp3) is 0.923. The molecule has 1 heterocycles. The zero-order valence-electron chi connectivity index (χ0n) is 10.9. The summed E-state index contributed by atoms with van der Waals surface area (Å²) >= 11 is 0. The second kappa shape index (κ2) is 5.83. The maximum Gasteiger partial charge on any atom is 0.219 e. The minimum atomic E-state index is 0.241. The van der Waals surface area contributed by atoms with Gasteiger partial charge in [-0.25, -0.2) is 0 Å². The zero-order chi connectivity index (χ0) is 12.3. The summed E-state index contributed by atoms with van der Waals surface area (Å²) in [5.74, 6) is 0.241. The Balaban J connectivity index is 1.91. The first-order valence-electron chi connectivity index (χ1n) is 6.93. The first kappa shape index (κ1) is 12.8. The van der Waals surface area contributed by atoms with Crippen molar-refractivity contribution in [2.45, 2.75) is 51.1 Å². The van der Waals surface area contributed by atoms with Gasteiger partial charge < -0.3 is 10.6 Å². The van der Waals surface area contributed by atoms with Gasteiger partial charge in [-0.1, -0.05) is 6.42 Å². The molecule has 4 nitrogen and oxygen atoms in total. The number of nitrogens with two attached hydrogens (primary N) is 1. The molecule has 0 unspecified atom stereocenters. The van der Waals surface area contributed by atoms with E-state index in [4.69, 9.17) is 5.73 Å². The normalized spacial score (nSPS) is 25.9. The van der Waals surface area contributed by atoms with Crippen LogP contribution in [0.3, 0.4) is 0 Å². The van der Waals surface area contributed by atoms with Crippen LogP contribution in [0.25, 0.3) is 0 Å². The topological polar surface area (TPSA) is 49.6 Å². The van der Waals surface area contributed by atoms with E-state index in [0.29, 0.717) is 12.1 Å². The average molecular weight is 239 g/mol. The zero-order valence-corrected chi connectivity index (χ0v) is 10.9. The van der Waals surface area contributed by atoms with Gasteiger partial charge in [0.1, 0.15) is 0 Å². The smallest absolute Gasteiger partial charge is 0.219 e. The molecule has 0 aromatic carbocycles. The lowest BCUT2D eigenvalue weighted by molar-refractivity contribution is -0.130. The Labute approximate surface area is 104 Å². The van der Waals surface area contributed by atoms with Crippen molar-refractivity contribution < 1.29 is 4.79 Å². The number of carbonyl (C=O) groups excluding carboxylic acids is 1. The number of likely N-dealkylation sites (tertiary alicyclic amines) is 1. The summed E-state index contributed by atoms with van der Waals surface area (Å²) in [6.45, 7) is 5.47. The van der Waals surface area contributed by atoms with Crippen molar-refractivity contribution >= 4 is 5.91 Å². The third kappa shape index (κ3) is 3.42. The number of carbonyl (C=O) groups is 1. The molecule has 4 heteroatoms. The highest BCUT2D eigenvalue weighted by atomic mass is 16.2. The third-order valence-corrected chi connectivity index (χ3v) is 3.96. The molecule has 1 saturated heterocycles. The van der Waals surface area contributed by atoms with Gasteiger partial charge in [-0.3, -0.25) is 9.69 Å². The molecule has 1 saturated carbocycles. The maximum absolute atomic E-state index is 11.6. The molecule has 0 radical (unpaired) electrons. The molecule has 0 spiro atoms. The van der Waals surface area contributed by atoms with Gasteiger partial charge in [-0.05, 0) is 32.2 Å². The highest BCUT2D eigenvalue weighted by Gasteiger charge is 2.34. The molecule has 0 aromatic heterocycles. The lowest BCUT2D eigenvalue weighted by atomic mass is 10.0. The van der Waals surface area contributed by atoms with Crippen molar-refractivity contribution in [2.75, 3.05) is 26.2 Å². The fourth-order valence-corrected chi connectivity index (χ4v) is 2.87. The molecule has 2 aliphatic rings. The van der Waals surface area contributed by atoms with Gasteiger partial charge in [0, 0.05) is 38.6 Å². The summed E-state index contributed by atoms with van der Waals surface area (Å²) < 4.78 is 0. The lowest BCUT2D eigenvalue weighted by Gasteiger charge is -2.38. The summed E-state index contributed by atoms with van der Waals surface area (Å²) in [6.07, 6.45) is 6.19. The van der Waals surface area contributed by atoms with Crippen LogP contribution in [0, 0.1) is 0 Å². The van der Waals surface area contributed by atoms with Gasteiger partial charge in [-0.15, -0.1) is 0 Å². The van der Waals surface area contributed by atoms with E-state index in [1.54, 1.807) is 6.92 Å². The summed E-state index contributed by atoms with van der Waals surface area (Å²) in [5.41, 5.74) is 5.66. The Hall–Kier alpha value is -0.610. The maximum atomic E-state index is 11.6. The summed E-state index contributed by atoms with van der Waals surface area (Å²) in [7, 11) is 0. The van der Waals surface area contributed by atoms with Crippen molar-refractivity contribution in [1.82, 2.24) is 9.80 Å². The van der Waals surface area contributed by atoms with Crippen molar-refractivity contribution in [1.29, 1.82) is 0 Å². The third-order valence-electron chi connectivity index (χ3n) is 3.96. The Kier molecular flexibility index (Phi) is 4.40. The molecule has 0 bridgehead atoms. The molecular formula is C13H25N3O. The van der Waals surface area contributed by atoms with Gasteiger partial charge in [0.15, 0.2) is 0 Å². The van der Waals surface area contributed by atoms with Crippen molar-refractivity contribution in [3.05, 3.63) is 0 Å². The molecule has 2 N–H and O–H groups in total. The molecule has 1 atom stereocenters. The molecule has 1 amide bonds. The molecule has 1 aliphatic carbocycles. The number of nitrogens with zero attached hydrogens (tertiary/aromatic N) is 2. The average Bonchev–Trinajstić information content (AvgIpc) is 3.12. The van der Waals surface area contributed by atoms with Crippen molar-refractivity contribution in [2.24, 2.45) is 5.73 Å². The molecule has 17 heavy (non-hydrogen) atoms. The molecule has 0 aromatic rings. The van der Waals surface area contributed by atoms with Crippen LogP contribution in [0.2, 0.25) is 0 Å². The van der Waals surface area contributed by atoms with Crippen molar-refractivity contribution in [3.8, 4) is 0 Å². The highest BCUT2D eigenvalue weighted by molar-refractivity contribution is 5.74. The van der Waals surface area contributed by atoms with Gasteiger partial charge in [-0.2, -0.15) is 0 Å². The van der Waals surface area contributed by atoms with Crippen LogP contribution in [0.4, 0.5) is 0 Å². The van der Waals surface area contributed by atoms with Crippen molar-refractivity contribution in [3.63, 3.8) is 0 Å². The number of hydrogen-bond donors (Lipinski definition) is 1. The summed E-state index contributed by atoms with van der Waals surface area (Å²) in [6, 6.07) is 1.07. The minimum Gasteiger partial charge on any atom is -0.338 e. The largest absolute Gasteiger partial charge is 0.338 e. The van der Waals surface area contributed by atoms with Gasteiger partial charge in [0.05, 0.1) is 0 Å². The molecule has 98 valence electrons. The standard InChI is InChI=1S/C13H25N3O/c1-11(17)16(12-5-6-12)10-13-4-2-3-8-15(13)9-7-14/h12-13H,2-10,14H2,1H3/t13-/m0/s1. The van der Waals surface area contributed by atoms with Gasteiger partial charge in [0.25, 0.3) is 0 Å². The Morgan fingerprint density at radius 3 is 2.71 bits per heavy atom. The van der Waals surface area contributed by atoms with Crippen LogP contribution < -0.4 is 5.73 Å². The van der Waals surface area contributed by atoms with E-state index in [9.17, 15) is 4.79 Å². The van der Waals surface area contributed by atoms with E-state index in [2.05, 4.69) is 9.80 Å². The van der Waals surface area contributed by atoms with Gasteiger partial charge in [0.2, 0.25) is 5.91 Å². The van der Waals surface area contributed by atoms with Gasteiger partial charge >= 0.3 is 0 Å². The van der Waals surface area contributed by atoms with E-state index >= 15 is 0 Å². The SMILES string of the molecule is CC(=O)N(C[C@@H]1CCCCN1CCN)C1CC1. The van der Waals surface area contributed by atoms with Crippen LogP contribution in [-0.2, 0) is 4.79 Å². The number of hydrogen-bond acceptors (Lipinski definition) is 3. The Morgan fingerprint density at radius 1 is 1.35 bits per heavy atom. The lowest BCUT2D eigenvalue weighted by Crippen LogP contribution is -2.49. The predicted molar refractivity (Wildman–Crippen MR) is 68.7 cm³/mol. The van der Waals surface area contributed by atoms with E-state index in [-0.39, 0.29) is 5.91 Å². The fourth-order valence-electron chi connectivity index (χ4n) is 2.87. The first-order valence-corrected chi connectivity index (χ1v) is 6.93. The summed E-state index contributed by atoms with van der Waals surface area (Å²) in [5, 5.41) is 0. The van der Waals surface area contributed by atoms with Crippen LogP contribution in [0.5, 0.6) is 0 Å².